The zero-order valence-corrected chi connectivity index (χ0v) is 16.5. The van der Waals surface area contributed by atoms with Gasteiger partial charge in [0.25, 0.3) is 0 Å². The second-order valence-corrected chi connectivity index (χ2v) is 6.89. The summed E-state index contributed by atoms with van der Waals surface area (Å²) < 4.78 is 5.79. The highest BCUT2D eigenvalue weighted by atomic mass is 35.5. The summed E-state index contributed by atoms with van der Waals surface area (Å²) in [5.41, 5.74) is 5.11. The van der Waals surface area contributed by atoms with Crippen LogP contribution < -0.4 is 10.2 Å². The monoisotopic (exact) mass is 412 g/mol. The lowest BCUT2D eigenvalue weighted by Crippen LogP contribution is -2.19. The summed E-state index contributed by atoms with van der Waals surface area (Å²) in [6.45, 7) is 0.373. The minimum absolute atomic E-state index is 0.204. The second-order valence-electron chi connectivity index (χ2n) is 6.05. The van der Waals surface area contributed by atoms with Gasteiger partial charge in [-0.3, -0.25) is 4.79 Å². The van der Waals surface area contributed by atoms with E-state index in [2.05, 4.69) is 10.5 Å². The molecular weight excluding hydrogens is 395 g/mol. The quantitative estimate of drug-likeness (QED) is 0.424. The largest absolute Gasteiger partial charge is 0.489 e. The maximum Gasteiger partial charge on any atom is 0.244 e. The normalized spacial score (nSPS) is 10.8. The van der Waals surface area contributed by atoms with Crippen molar-refractivity contribution in [2.24, 2.45) is 5.10 Å². The number of nitrogens with one attached hydrogen (secondary N) is 1. The Morgan fingerprint density at radius 3 is 2.57 bits per heavy atom. The fourth-order valence-corrected chi connectivity index (χ4v) is 2.78. The third-order valence-electron chi connectivity index (χ3n) is 3.89. The lowest BCUT2D eigenvalue weighted by Gasteiger charge is -2.08. The van der Waals surface area contributed by atoms with Crippen molar-refractivity contribution in [3.63, 3.8) is 0 Å². The molecule has 0 unspecified atom stereocenters. The maximum absolute atomic E-state index is 12.0. The van der Waals surface area contributed by atoms with Crippen LogP contribution in [0.2, 0.25) is 10.0 Å². The van der Waals surface area contributed by atoms with Crippen LogP contribution in [-0.2, 0) is 17.8 Å². The van der Waals surface area contributed by atoms with E-state index in [0.29, 0.717) is 22.4 Å². The molecule has 0 aliphatic heterocycles. The third-order valence-corrected chi connectivity index (χ3v) is 4.51. The lowest BCUT2D eigenvalue weighted by molar-refractivity contribution is -0.120. The summed E-state index contributed by atoms with van der Waals surface area (Å²) >= 11 is 12.0. The number of ether oxygens (including phenoxy) is 1. The number of halogens is 2. The van der Waals surface area contributed by atoms with Gasteiger partial charge in [-0.1, -0.05) is 65.7 Å². The molecule has 0 aliphatic carbocycles. The summed E-state index contributed by atoms with van der Waals surface area (Å²) in [5, 5.41) is 5.31. The van der Waals surface area contributed by atoms with Crippen LogP contribution in [-0.4, -0.2) is 12.1 Å². The van der Waals surface area contributed by atoms with Crippen LogP contribution in [0.5, 0.6) is 5.75 Å². The molecule has 0 fully saturated rings. The molecule has 0 saturated heterocycles. The lowest BCUT2D eigenvalue weighted by atomic mass is 10.1. The zero-order valence-electron chi connectivity index (χ0n) is 14.9. The Hall–Kier alpha value is -2.82. The number of carbonyl (C=O) groups excluding carboxylic acids is 1. The SMILES string of the molecule is O=C(Cc1ccc(Cl)cc1)N/N=C\c1cccc(OCc2ccccc2Cl)c1. The standard InChI is InChI=1S/C22H18Cl2N2O2/c23-19-10-8-16(9-11-19)13-22(27)26-25-14-17-4-3-6-20(12-17)28-15-18-5-1-2-7-21(18)24/h1-12,14H,13,15H2,(H,26,27)/b25-14-. The zero-order chi connectivity index (χ0) is 19.8. The Bertz CT molecular complexity index is 972. The average Bonchev–Trinajstić information content (AvgIpc) is 2.69. The van der Waals surface area contributed by atoms with Gasteiger partial charge >= 0.3 is 0 Å². The van der Waals surface area contributed by atoms with E-state index >= 15 is 0 Å². The van der Waals surface area contributed by atoms with E-state index in [1.54, 1.807) is 18.3 Å². The molecule has 0 atom stereocenters. The van der Waals surface area contributed by atoms with Crippen molar-refractivity contribution in [1.29, 1.82) is 0 Å². The Balaban J connectivity index is 1.52. The van der Waals surface area contributed by atoms with Gasteiger partial charge < -0.3 is 4.74 Å². The highest BCUT2D eigenvalue weighted by Crippen LogP contribution is 2.19. The molecular formula is C22H18Cl2N2O2. The van der Waals surface area contributed by atoms with E-state index in [4.69, 9.17) is 27.9 Å². The third kappa shape index (κ3) is 6.12. The van der Waals surface area contributed by atoms with Crippen molar-refractivity contribution in [1.82, 2.24) is 5.43 Å². The van der Waals surface area contributed by atoms with E-state index in [0.717, 1.165) is 16.7 Å². The van der Waals surface area contributed by atoms with Crippen molar-refractivity contribution < 1.29 is 9.53 Å². The Kier molecular flexibility index (Phi) is 7.06. The molecule has 0 heterocycles. The number of rotatable bonds is 7. The summed E-state index contributed by atoms with van der Waals surface area (Å²) in [7, 11) is 0. The molecule has 0 aliphatic rings. The minimum atomic E-state index is -0.204. The molecule has 3 aromatic carbocycles. The molecule has 1 amide bonds. The first-order chi connectivity index (χ1) is 13.6. The number of nitrogens with zero attached hydrogens (tertiary/aromatic N) is 1. The molecule has 4 nitrogen and oxygen atoms in total. The van der Waals surface area contributed by atoms with E-state index in [9.17, 15) is 4.79 Å². The number of hydrogen-bond donors (Lipinski definition) is 1. The Morgan fingerprint density at radius 2 is 1.79 bits per heavy atom. The molecule has 1 N–H and O–H groups in total. The van der Waals surface area contributed by atoms with Crippen molar-refractivity contribution >= 4 is 35.3 Å². The summed E-state index contributed by atoms with van der Waals surface area (Å²) in [6, 6.07) is 22.1. The number of hydrazone groups is 1. The molecule has 3 aromatic rings. The van der Waals surface area contributed by atoms with Crippen molar-refractivity contribution in [3.8, 4) is 5.75 Å². The second kappa shape index (κ2) is 9.93. The fourth-order valence-electron chi connectivity index (χ4n) is 2.47. The predicted molar refractivity (Wildman–Crippen MR) is 113 cm³/mol. The molecule has 6 heteroatoms. The molecule has 0 spiro atoms. The van der Waals surface area contributed by atoms with Gasteiger partial charge in [-0.2, -0.15) is 5.10 Å². The molecule has 0 saturated carbocycles. The first-order valence-corrected chi connectivity index (χ1v) is 9.38. The first-order valence-electron chi connectivity index (χ1n) is 8.63. The summed E-state index contributed by atoms with van der Waals surface area (Å²) in [4.78, 5) is 12.0. The van der Waals surface area contributed by atoms with Gasteiger partial charge in [-0.05, 0) is 41.5 Å². The highest BCUT2D eigenvalue weighted by molar-refractivity contribution is 6.31. The fraction of sp³-hybridized carbons (Fsp3) is 0.0909. The van der Waals surface area contributed by atoms with Gasteiger partial charge in [0.05, 0.1) is 12.6 Å². The molecule has 142 valence electrons. The van der Waals surface area contributed by atoms with Crippen molar-refractivity contribution in [2.75, 3.05) is 0 Å². The number of carbonyl (C=O) groups is 1. The molecule has 3 rings (SSSR count). The van der Waals surface area contributed by atoms with Crippen LogP contribution in [0.25, 0.3) is 0 Å². The molecule has 0 bridgehead atoms. The van der Waals surface area contributed by atoms with Crippen LogP contribution in [0.3, 0.4) is 0 Å². The van der Waals surface area contributed by atoms with Crippen LogP contribution in [0.4, 0.5) is 0 Å². The van der Waals surface area contributed by atoms with Crippen LogP contribution in [0.1, 0.15) is 16.7 Å². The molecule has 0 aromatic heterocycles. The van der Waals surface area contributed by atoms with Gasteiger partial charge in [0, 0.05) is 15.6 Å². The van der Waals surface area contributed by atoms with Crippen LogP contribution in [0, 0.1) is 0 Å². The van der Waals surface area contributed by atoms with Crippen LogP contribution in [0.15, 0.2) is 77.9 Å². The van der Waals surface area contributed by atoms with Gasteiger partial charge in [0.1, 0.15) is 12.4 Å². The van der Waals surface area contributed by atoms with E-state index < -0.39 is 0 Å². The van der Waals surface area contributed by atoms with Crippen LogP contribution >= 0.6 is 23.2 Å². The van der Waals surface area contributed by atoms with Gasteiger partial charge in [-0.15, -0.1) is 0 Å². The minimum Gasteiger partial charge on any atom is -0.489 e. The topological polar surface area (TPSA) is 50.7 Å². The predicted octanol–water partition coefficient (Wildman–Crippen LogP) is 5.27. The number of benzene rings is 3. The number of amides is 1. The molecule has 0 radical (unpaired) electrons. The van der Waals surface area contributed by atoms with Gasteiger partial charge in [-0.25, -0.2) is 5.43 Å². The molecule has 28 heavy (non-hydrogen) atoms. The summed E-state index contributed by atoms with van der Waals surface area (Å²) in [6.07, 6.45) is 1.80. The smallest absolute Gasteiger partial charge is 0.244 e. The van der Waals surface area contributed by atoms with Crippen molar-refractivity contribution in [3.05, 3.63) is 99.5 Å². The van der Waals surface area contributed by atoms with E-state index in [1.807, 2.05) is 60.7 Å². The maximum atomic E-state index is 12.0. The Morgan fingerprint density at radius 1 is 1.00 bits per heavy atom. The summed E-state index contributed by atoms with van der Waals surface area (Å²) in [5.74, 6) is 0.487. The number of hydrogen-bond acceptors (Lipinski definition) is 3. The highest BCUT2D eigenvalue weighted by Gasteiger charge is 2.03. The first kappa shape index (κ1) is 19.9. The van der Waals surface area contributed by atoms with Gasteiger partial charge in [0.15, 0.2) is 0 Å². The Labute approximate surface area is 173 Å². The van der Waals surface area contributed by atoms with E-state index in [-0.39, 0.29) is 12.3 Å². The van der Waals surface area contributed by atoms with E-state index in [1.165, 1.54) is 0 Å². The van der Waals surface area contributed by atoms with Gasteiger partial charge in [0.2, 0.25) is 5.91 Å². The average molecular weight is 413 g/mol. The van der Waals surface area contributed by atoms with Crippen molar-refractivity contribution in [2.45, 2.75) is 13.0 Å².